The van der Waals surface area contributed by atoms with E-state index in [1.165, 1.54) is 18.9 Å². The van der Waals surface area contributed by atoms with E-state index in [9.17, 15) is 9.59 Å². The van der Waals surface area contributed by atoms with Crippen molar-refractivity contribution < 1.29 is 23.8 Å². The smallest absolute Gasteiger partial charge is 0.305 e. The van der Waals surface area contributed by atoms with Gasteiger partial charge in [-0.3, -0.25) is 14.5 Å². The average molecular weight is 466 g/mol. The first-order valence-corrected chi connectivity index (χ1v) is 11.9. The number of carbonyl (C=O) groups excluding carboxylic acids is 2. The van der Waals surface area contributed by atoms with Gasteiger partial charge < -0.3 is 14.2 Å². The SMILES string of the molecule is CCCCCOc1ccc(/C=C2\SC(=S)N(CCCCCC(=O)OC)C2=O)cc1OC. The maximum Gasteiger partial charge on any atom is 0.305 e. The summed E-state index contributed by atoms with van der Waals surface area (Å²) < 4.78 is 16.5. The first-order valence-electron chi connectivity index (χ1n) is 10.6. The van der Waals surface area contributed by atoms with Crippen LogP contribution >= 0.6 is 24.0 Å². The Morgan fingerprint density at radius 2 is 1.94 bits per heavy atom. The van der Waals surface area contributed by atoms with Gasteiger partial charge in [-0.2, -0.15) is 0 Å². The van der Waals surface area contributed by atoms with E-state index in [0.29, 0.717) is 40.3 Å². The summed E-state index contributed by atoms with van der Waals surface area (Å²) in [5.74, 6) is 1.06. The summed E-state index contributed by atoms with van der Waals surface area (Å²) in [6.07, 6.45) is 7.88. The van der Waals surface area contributed by atoms with Crippen LogP contribution in [0.25, 0.3) is 6.08 Å². The van der Waals surface area contributed by atoms with Crippen LogP contribution in [0.4, 0.5) is 0 Å². The Morgan fingerprint density at radius 1 is 1.13 bits per heavy atom. The maximum atomic E-state index is 12.8. The molecule has 0 N–H and O–H groups in total. The third-order valence-electron chi connectivity index (χ3n) is 4.85. The van der Waals surface area contributed by atoms with E-state index in [4.69, 9.17) is 21.7 Å². The molecule has 1 fully saturated rings. The summed E-state index contributed by atoms with van der Waals surface area (Å²) in [4.78, 5) is 26.2. The lowest BCUT2D eigenvalue weighted by atomic mass is 10.1. The molecule has 0 atom stereocenters. The molecule has 0 saturated carbocycles. The van der Waals surface area contributed by atoms with E-state index >= 15 is 0 Å². The fourth-order valence-corrected chi connectivity index (χ4v) is 4.40. The molecule has 1 aliphatic rings. The zero-order chi connectivity index (χ0) is 22.6. The number of nitrogens with zero attached hydrogens (tertiary/aromatic N) is 1. The quantitative estimate of drug-likeness (QED) is 0.172. The standard InChI is InChI=1S/C23H31NO5S2/c1-4-5-9-14-29-18-12-11-17(15-19(18)27-2)16-20-22(26)24(23(30)31-20)13-8-6-7-10-21(25)28-3/h11-12,15-16H,4-10,13-14H2,1-3H3/b20-16-. The van der Waals surface area contributed by atoms with Gasteiger partial charge in [-0.25, -0.2) is 0 Å². The highest BCUT2D eigenvalue weighted by Crippen LogP contribution is 2.35. The second kappa shape index (κ2) is 13.4. The van der Waals surface area contributed by atoms with E-state index in [1.54, 1.807) is 12.0 Å². The molecule has 1 amide bonds. The Balaban J connectivity index is 1.94. The van der Waals surface area contributed by atoms with Crippen LogP contribution in [0.15, 0.2) is 23.1 Å². The van der Waals surface area contributed by atoms with Gasteiger partial charge in [0.25, 0.3) is 5.91 Å². The molecule has 31 heavy (non-hydrogen) atoms. The first-order chi connectivity index (χ1) is 15.0. The van der Waals surface area contributed by atoms with E-state index in [2.05, 4.69) is 11.7 Å². The number of hydrogen-bond donors (Lipinski definition) is 0. The molecule has 0 unspecified atom stereocenters. The molecule has 1 aromatic rings. The first kappa shape index (κ1) is 25.2. The molecule has 0 spiro atoms. The average Bonchev–Trinajstić information content (AvgIpc) is 3.03. The second-order valence-electron chi connectivity index (χ2n) is 7.19. The van der Waals surface area contributed by atoms with E-state index in [0.717, 1.165) is 44.1 Å². The normalized spacial score (nSPS) is 14.9. The molecule has 1 saturated heterocycles. The van der Waals surface area contributed by atoms with Crippen molar-refractivity contribution in [2.75, 3.05) is 27.4 Å². The summed E-state index contributed by atoms with van der Waals surface area (Å²) in [6, 6.07) is 5.66. The number of methoxy groups -OCH3 is 2. The molecule has 1 heterocycles. The number of amides is 1. The molecule has 1 aliphatic heterocycles. The van der Waals surface area contributed by atoms with Gasteiger partial charge in [0.05, 0.1) is 25.7 Å². The van der Waals surface area contributed by atoms with Gasteiger partial charge in [0, 0.05) is 13.0 Å². The van der Waals surface area contributed by atoms with Gasteiger partial charge in [0.2, 0.25) is 0 Å². The minimum absolute atomic E-state index is 0.0816. The van der Waals surface area contributed by atoms with E-state index in [-0.39, 0.29) is 11.9 Å². The summed E-state index contributed by atoms with van der Waals surface area (Å²) in [5.41, 5.74) is 0.858. The summed E-state index contributed by atoms with van der Waals surface area (Å²) >= 11 is 6.70. The lowest BCUT2D eigenvalue weighted by Crippen LogP contribution is -2.29. The van der Waals surface area contributed by atoms with Gasteiger partial charge in [0.15, 0.2) is 11.5 Å². The largest absolute Gasteiger partial charge is 0.493 e. The van der Waals surface area contributed by atoms with Gasteiger partial charge >= 0.3 is 5.97 Å². The third kappa shape index (κ3) is 7.85. The molecule has 1 aromatic carbocycles. The molecule has 2 rings (SSSR count). The maximum absolute atomic E-state index is 12.8. The zero-order valence-corrected chi connectivity index (χ0v) is 20.1. The molecular weight excluding hydrogens is 434 g/mol. The highest BCUT2D eigenvalue weighted by atomic mass is 32.2. The van der Waals surface area contributed by atoms with Crippen molar-refractivity contribution in [2.45, 2.75) is 51.9 Å². The van der Waals surface area contributed by atoms with Crippen LogP contribution in [0.2, 0.25) is 0 Å². The number of unbranched alkanes of at least 4 members (excludes halogenated alkanes) is 4. The molecule has 8 heteroatoms. The number of thioether (sulfide) groups is 1. The van der Waals surface area contributed by atoms with Crippen molar-refractivity contribution >= 4 is 46.3 Å². The minimum atomic E-state index is -0.207. The monoisotopic (exact) mass is 465 g/mol. The van der Waals surface area contributed by atoms with Crippen molar-refractivity contribution in [1.82, 2.24) is 4.90 Å². The number of ether oxygens (including phenoxy) is 3. The van der Waals surface area contributed by atoms with E-state index < -0.39 is 0 Å². The van der Waals surface area contributed by atoms with Crippen LogP contribution < -0.4 is 9.47 Å². The van der Waals surface area contributed by atoms with E-state index in [1.807, 2.05) is 24.3 Å². The van der Waals surface area contributed by atoms with Gasteiger partial charge in [-0.1, -0.05) is 56.2 Å². The van der Waals surface area contributed by atoms with Crippen LogP contribution in [0.3, 0.4) is 0 Å². The lowest BCUT2D eigenvalue weighted by Gasteiger charge is -2.14. The van der Waals surface area contributed by atoms with Crippen molar-refractivity contribution in [3.05, 3.63) is 28.7 Å². The number of esters is 1. The van der Waals surface area contributed by atoms with Crippen LogP contribution in [-0.4, -0.2) is 48.5 Å². The summed E-state index contributed by atoms with van der Waals surface area (Å²) in [7, 11) is 3.00. The predicted octanol–water partition coefficient (Wildman–Crippen LogP) is 5.20. The Bertz CT molecular complexity index is 809. The van der Waals surface area contributed by atoms with Crippen LogP contribution in [-0.2, 0) is 14.3 Å². The fourth-order valence-electron chi connectivity index (χ4n) is 3.09. The Morgan fingerprint density at radius 3 is 2.65 bits per heavy atom. The predicted molar refractivity (Wildman–Crippen MR) is 128 cm³/mol. The van der Waals surface area contributed by atoms with Crippen molar-refractivity contribution in [1.29, 1.82) is 0 Å². The Kier molecular flexibility index (Phi) is 10.9. The van der Waals surface area contributed by atoms with Crippen molar-refractivity contribution in [3.8, 4) is 11.5 Å². The molecule has 170 valence electrons. The summed E-state index contributed by atoms with van der Waals surface area (Å²) in [5, 5.41) is 0. The topological polar surface area (TPSA) is 65.1 Å². The highest BCUT2D eigenvalue weighted by molar-refractivity contribution is 8.26. The Labute approximate surface area is 194 Å². The number of hydrogen-bond acceptors (Lipinski definition) is 7. The number of carbonyl (C=O) groups is 2. The third-order valence-corrected chi connectivity index (χ3v) is 6.23. The van der Waals surface area contributed by atoms with Crippen LogP contribution in [0, 0.1) is 0 Å². The second-order valence-corrected chi connectivity index (χ2v) is 8.86. The number of rotatable bonds is 13. The molecule has 0 aliphatic carbocycles. The molecule has 0 aromatic heterocycles. The molecule has 0 bridgehead atoms. The summed E-state index contributed by atoms with van der Waals surface area (Å²) in [6.45, 7) is 3.36. The molecule has 6 nitrogen and oxygen atoms in total. The van der Waals surface area contributed by atoms with Gasteiger partial charge in [-0.05, 0) is 43.0 Å². The minimum Gasteiger partial charge on any atom is -0.493 e. The molecular formula is C23H31NO5S2. The van der Waals surface area contributed by atoms with Gasteiger partial charge in [0.1, 0.15) is 4.32 Å². The fraction of sp³-hybridized carbons (Fsp3) is 0.522. The number of thiocarbonyl (C=S) groups is 1. The van der Waals surface area contributed by atoms with Crippen molar-refractivity contribution in [3.63, 3.8) is 0 Å². The lowest BCUT2D eigenvalue weighted by molar-refractivity contribution is -0.140. The van der Waals surface area contributed by atoms with Crippen molar-refractivity contribution in [2.24, 2.45) is 0 Å². The van der Waals surface area contributed by atoms with Crippen LogP contribution in [0.5, 0.6) is 11.5 Å². The highest BCUT2D eigenvalue weighted by Gasteiger charge is 2.31. The van der Waals surface area contributed by atoms with Crippen LogP contribution in [0.1, 0.15) is 57.4 Å². The number of benzene rings is 1. The Hall–Kier alpha value is -2.06. The van der Waals surface area contributed by atoms with Gasteiger partial charge in [-0.15, -0.1) is 0 Å². The molecule has 0 radical (unpaired) electrons. The zero-order valence-electron chi connectivity index (χ0n) is 18.5.